The molecule has 0 aliphatic carbocycles. The molecule has 0 unspecified atom stereocenters. The van der Waals surface area contributed by atoms with E-state index in [4.69, 9.17) is 0 Å². The second kappa shape index (κ2) is 6.41. The Labute approximate surface area is 125 Å². The van der Waals surface area contributed by atoms with Gasteiger partial charge in [0.05, 0.1) is 11.4 Å². The summed E-state index contributed by atoms with van der Waals surface area (Å²) in [7, 11) is 0. The quantitative estimate of drug-likeness (QED) is 0.915. The van der Waals surface area contributed by atoms with Crippen LogP contribution < -0.4 is 10.9 Å². The summed E-state index contributed by atoms with van der Waals surface area (Å²) >= 11 is 2.92. The fourth-order valence-electron chi connectivity index (χ4n) is 1.79. The number of nitrogens with zero attached hydrogens (tertiary/aromatic N) is 2. The Bertz CT molecular complexity index is 676. The van der Waals surface area contributed by atoms with Crippen molar-refractivity contribution in [2.75, 3.05) is 5.75 Å². The molecule has 2 aromatic heterocycles. The molecule has 1 amide bonds. The number of rotatable bonds is 5. The van der Waals surface area contributed by atoms with Crippen LogP contribution in [0.15, 0.2) is 16.2 Å². The maximum Gasteiger partial charge on any atom is 0.258 e. The normalized spacial score (nSPS) is 11.2. The number of nitrogens with one attached hydrogen (secondary N) is 1. The number of amides is 1. The number of fused-ring (bicyclic) bond motifs is 1. The molecule has 2 heterocycles. The van der Waals surface area contributed by atoms with Gasteiger partial charge in [0.2, 0.25) is 5.91 Å². The Hall–Kier alpha value is -1.34. The molecular weight excluding hydrogens is 294 g/mol. The molecule has 0 atom stereocenters. The van der Waals surface area contributed by atoms with Crippen LogP contribution in [-0.2, 0) is 10.5 Å². The van der Waals surface area contributed by atoms with E-state index in [0.717, 1.165) is 11.4 Å². The molecule has 5 nitrogen and oxygen atoms in total. The molecule has 0 saturated heterocycles. The zero-order chi connectivity index (χ0) is 14.7. The van der Waals surface area contributed by atoms with Crippen molar-refractivity contribution in [3.63, 3.8) is 0 Å². The van der Waals surface area contributed by atoms with Crippen LogP contribution in [0.1, 0.15) is 25.2 Å². The number of hydrogen-bond donors (Lipinski definition) is 1. The molecule has 0 saturated carbocycles. The van der Waals surface area contributed by atoms with Gasteiger partial charge < -0.3 is 5.32 Å². The van der Waals surface area contributed by atoms with Crippen LogP contribution in [0.25, 0.3) is 4.96 Å². The highest BCUT2D eigenvalue weighted by atomic mass is 32.2. The summed E-state index contributed by atoms with van der Waals surface area (Å²) in [5.74, 6) is 0.950. The van der Waals surface area contributed by atoms with E-state index in [0.29, 0.717) is 16.5 Å². The predicted octanol–water partition coefficient (Wildman–Crippen LogP) is 1.82. The third kappa shape index (κ3) is 3.61. The van der Waals surface area contributed by atoms with Gasteiger partial charge in [-0.2, -0.15) is 0 Å². The van der Waals surface area contributed by atoms with E-state index in [2.05, 4.69) is 10.3 Å². The molecular formula is C13H17N3O2S2. The van der Waals surface area contributed by atoms with E-state index in [1.54, 1.807) is 10.5 Å². The lowest BCUT2D eigenvalue weighted by molar-refractivity contribution is -0.119. The minimum Gasteiger partial charge on any atom is -0.353 e. The van der Waals surface area contributed by atoms with Gasteiger partial charge in [0, 0.05) is 28.9 Å². The molecule has 20 heavy (non-hydrogen) atoms. The highest BCUT2D eigenvalue weighted by molar-refractivity contribution is 7.99. The average molecular weight is 311 g/mol. The van der Waals surface area contributed by atoms with Gasteiger partial charge in [0.1, 0.15) is 0 Å². The average Bonchev–Trinajstić information content (AvgIpc) is 2.70. The minimum atomic E-state index is -0.0593. The van der Waals surface area contributed by atoms with E-state index < -0.39 is 0 Å². The van der Waals surface area contributed by atoms with E-state index in [9.17, 15) is 9.59 Å². The Morgan fingerprint density at radius 3 is 3.00 bits per heavy atom. The first-order valence-corrected chi connectivity index (χ1v) is 8.34. The van der Waals surface area contributed by atoms with Crippen LogP contribution in [0.5, 0.6) is 0 Å². The summed E-state index contributed by atoms with van der Waals surface area (Å²) in [5, 5.41) is 4.74. The molecule has 1 N–H and O–H groups in total. The molecule has 0 fully saturated rings. The van der Waals surface area contributed by atoms with Crippen LogP contribution in [0, 0.1) is 6.92 Å². The van der Waals surface area contributed by atoms with Crippen molar-refractivity contribution in [2.45, 2.75) is 32.6 Å². The van der Waals surface area contributed by atoms with Crippen LogP contribution >= 0.6 is 23.1 Å². The van der Waals surface area contributed by atoms with E-state index in [1.807, 2.05) is 26.2 Å². The van der Waals surface area contributed by atoms with E-state index >= 15 is 0 Å². The summed E-state index contributed by atoms with van der Waals surface area (Å²) in [5.41, 5.74) is 1.56. The van der Waals surface area contributed by atoms with Gasteiger partial charge in [-0.15, -0.1) is 23.1 Å². The summed E-state index contributed by atoms with van der Waals surface area (Å²) in [6.07, 6.45) is 0. The molecule has 2 rings (SSSR count). The molecule has 0 aliphatic rings. The fourth-order valence-corrected chi connectivity index (χ4v) is 3.41. The molecule has 0 bridgehead atoms. The summed E-state index contributed by atoms with van der Waals surface area (Å²) in [6.45, 7) is 5.74. The number of aromatic nitrogens is 2. The fraction of sp³-hybridized carbons (Fsp3) is 0.462. The molecule has 0 radical (unpaired) electrons. The summed E-state index contributed by atoms with van der Waals surface area (Å²) in [6, 6.07) is 1.69. The van der Waals surface area contributed by atoms with Gasteiger partial charge in [-0.3, -0.25) is 14.0 Å². The van der Waals surface area contributed by atoms with Gasteiger partial charge in [-0.25, -0.2) is 4.98 Å². The Kier molecular flexibility index (Phi) is 4.82. The topological polar surface area (TPSA) is 63.5 Å². The first-order valence-electron chi connectivity index (χ1n) is 6.31. The Morgan fingerprint density at radius 1 is 1.55 bits per heavy atom. The number of hydrogen-bond acceptors (Lipinski definition) is 5. The van der Waals surface area contributed by atoms with Crippen molar-refractivity contribution < 1.29 is 4.79 Å². The van der Waals surface area contributed by atoms with Crippen molar-refractivity contribution in [3.05, 3.63) is 33.2 Å². The van der Waals surface area contributed by atoms with E-state index in [-0.39, 0.29) is 17.5 Å². The molecule has 2 aromatic rings. The molecule has 108 valence electrons. The van der Waals surface area contributed by atoms with Crippen molar-refractivity contribution >= 4 is 34.0 Å². The third-order valence-corrected chi connectivity index (χ3v) is 4.47. The van der Waals surface area contributed by atoms with Gasteiger partial charge in [0.15, 0.2) is 4.96 Å². The molecule has 0 aromatic carbocycles. The number of carbonyl (C=O) groups is 1. The smallest absolute Gasteiger partial charge is 0.258 e. The van der Waals surface area contributed by atoms with Crippen molar-refractivity contribution in [3.8, 4) is 0 Å². The zero-order valence-electron chi connectivity index (χ0n) is 11.7. The SMILES string of the molecule is Cc1csc2nc(CSCC(=O)NC(C)C)cc(=O)n12. The lowest BCUT2D eigenvalue weighted by Gasteiger charge is -2.07. The number of thiazole rings is 1. The van der Waals surface area contributed by atoms with Crippen LogP contribution in [0.4, 0.5) is 0 Å². The first-order chi connectivity index (χ1) is 9.47. The Balaban J connectivity index is 2.00. The van der Waals surface area contributed by atoms with Crippen LogP contribution in [0.3, 0.4) is 0 Å². The number of carbonyl (C=O) groups excluding carboxylic acids is 1. The highest BCUT2D eigenvalue weighted by Gasteiger charge is 2.08. The minimum absolute atomic E-state index is 0.00904. The lowest BCUT2D eigenvalue weighted by atomic mass is 10.4. The largest absolute Gasteiger partial charge is 0.353 e. The maximum atomic E-state index is 12.0. The van der Waals surface area contributed by atoms with Gasteiger partial charge >= 0.3 is 0 Å². The maximum absolute atomic E-state index is 12.0. The molecule has 0 aliphatic heterocycles. The van der Waals surface area contributed by atoms with Crippen LogP contribution in [-0.4, -0.2) is 27.1 Å². The highest BCUT2D eigenvalue weighted by Crippen LogP contribution is 2.14. The summed E-state index contributed by atoms with van der Waals surface area (Å²) in [4.78, 5) is 28.6. The number of aryl methyl sites for hydroxylation is 1. The second-order valence-electron chi connectivity index (χ2n) is 4.80. The van der Waals surface area contributed by atoms with Crippen molar-refractivity contribution in [2.24, 2.45) is 0 Å². The lowest BCUT2D eigenvalue weighted by Crippen LogP contribution is -2.31. The van der Waals surface area contributed by atoms with Gasteiger partial charge in [0.25, 0.3) is 5.56 Å². The second-order valence-corrected chi connectivity index (χ2v) is 6.62. The first kappa shape index (κ1) is 15.1. The van der Waals surface area contributed by atoms with Gasteiger partial charge in [-0.1, -0.05) is 0 Å². The summed E-state index contributed by atoms with van der Waals surface area (Å²) < 4.78 is 1.60. The predicted molar refractivity (Wildman–Crippen MR) is 83.5 cm³/mol. The Morgan fingerprint density at radius 2 is 2.30 bits per heavy atom. The van der Waals surface area contributed by atoms with E-state index in [1.165, 1.54) is 23.1 Å². The molecule has 0 spiro atoms. The number of thioether (sulfide) groups is 1. The van der Waals surface area contributed by atoms with Crippen LogP contribution in [0.2, 0.25) is 0 Å². The zero-order valence-corrected chi connectivity index (χ0v) is 13.3. The molecule has 7 heteroatoms. The standard InChI is InChI=1S/C13H17N3O2S2/c1-8(2)14-11(17)7-19-6-10-4-12(18)16-9(3)5-20-13(16)15-10/h4-5,8H,6-7H2,1-3H3,(H,14,17). The van der Waals surface area contributed by atoms with Crippen molar-refractivity contribution in [1.82, 2.24) is 14.7 Å². The monoisotopic (exact) mass is 311 g/mol. The van der Waals surface area contributed by atoms with Crippen molar-refractivity contribution in [1.29, 1.82) is 0 Å². The third-order valence-electron chi connectivity index (χ3n) is 2.56. The van der Waals surface area contributed by atoms with Gasteiger partial charge in [-0.05, 0) is 20.8 Å².